The molecule has 0 aliphatic heterocycles. The molecule has 0 saturated carbocycles. The third kappa shape index (κ3) is 1.94. The molecule has 56 valence electrons. The Morgan fingerprint density at radius 1 is 1.36 bits per heavy atom. The highest BCUT2D eigenvalue weighted by Gasteiger charge is 2.00. The van der Waals surface area contributed by atoms with Crippen molar-refractivity contribution in [2.24, 2.45) is 0 Å². The first kappa shape index (κ1) is 7.55. The van der Waals surface area contributed by atoms with Crippen LogP contribution in [-0.2, 0) is 0 Å². The summed E-state index contributed by atoms with van der Waals surface area (Å²) in [4.78, 5) is 0. The molecule has 11 heavy (non-hydrogen) atoms. The molecular formula is C8H7FN2. The van der Waals surface area contributed by atoms with Crippen LogP contribution in [0.25, 0.3) is 0 Å². The normalized spacial score (nSPS) is 8.73. The molecule has 0 radical (unpaired) electrons. The Morgan fingerprint density at radius 3 is 2.55 bits per heavy atom. The Labute approximate surface area is 64.4 Å². The van der Waals surface area contributed by atoms with Crippen LogP contribution in [0.2, 0.25) is 0 Å². The summed E-state index contributed by atoms with van der Waals surface area (Å²) in [6.45, 7) is -0.232. The van der Waals surface area contributed by atoms with Gasteiger partial charge in [-0.05, 0) is 12.1 Å². The highest BCUT2D eigenvalue weighted by atomic mass is 19.2. The van der Waals surface area contributed by atoms with Crippen LogP contribution < -0.4 is 5.12 Å². The van der Waals surface area contributed by atoms with E-state index in [4.69, 9.17) is 5.26 Å². The Balaban J connectivity index is 2.70. The Hall–Kier alpha value is -1.56. The SMILES string of the molecule is N#CCN(F)c1ccccc1. The first-order valence-electron chi connectivity index (χ1n) is 3.20. The van der Waals surface area contributed by atoms with E-state index in [1.54, 1.807) is 36.4 Å². The van der Waals surface area contributed by atoms with Crippen molar-refractivity contribution in [3.05, 3.63) is 30.3 Å². The van der Waals surface area contributed by atoms with Gasteiger partial charge in [-0.15, -0.1) is 0 Å². The first-order valence-corrected chi connectivity index (χ1v) is 3.20. The number of hydrogen-bond acceptors (Lipinski definition) is 2. The van der Waals surface area contributed by atoms with Crippen LogP contribution in [0, 0.1) is 11.3 Å². The van der Waals surface area contributed by atoms with E-state index in [0.717, 1.165) is 0 Å². The first-order chi connectivity index (χ1) is 5.34. The highest BCUT2D eigenvalue weighted by molar-refractivity contribution is 5.43. The van der Waals surface area contributed by atoms with Crippen molar-refractivity contribution in [2.45, 2.75) is 0 Å². The number of benzene rings is 1. The molecule has 0 atom stereocenters. The lowest BCUT2D eigenvalue weighted by Crippen LogP contribution is -2.10. The van der Waals surface area contributed by atoms with Gasteiger partial charge in [-0.3, -0.25) is 0 Å². The Kier molecular flexibility index (Phi) is 2.45. The van der Waals surface area contributed by atoms with Gasteiger partial charge in [0.25, 0.3) is 0 Å². The average molecular weight is 150 g/mol. The minimum Gasteiger partial charge on any atom is -0.198 e. The number of halogens is 1. The van der Waals surface area contributed by atoms with Gasteiger partial charge in [-0.1, -0.05) is 22.7 Å². The second-order valence-corrected chi connectivity index (χ2v) is 2.01. The molecule has 3 heteroatoms. The van der Waals surface area contributed by atoms with Crippen LogP contribution in [0.1, 0.15) is 0 Å². The van der Waals surface area contributed by atoms with Crippen LogP contribution in [-0.4, -0.2) is 6.54 Å². The van der Waals surface area contributed by atoms with E-state index in [-0.39, 0.29) is 6.54 Å². The number of nitrogens with zero attached hydrogens (tertiary/aromatic N) is 2. The third-order valence-corrected chi connectivity index (χ3v) is 1.25. The van der Waals surface area contributed by atoms with Crippen molar-refractivity contribution in [1.82, 2.24) is 0 Å². The fraction of sp³-hybridized carbons (Fsp3) is 0.125. The number of nitriles is 1. The molecule has 0 saturated heterocycles. The molecule has 0 heterocycles. The smallest absolute Gasteiger partial charge is 0.137 e. The van der Waals surface area contributed by atoms with Crippen molar-refractivity contribution in [1.29, 1.82) is 5.26 Å². The molecule has 0 spiro atoms. The maximum atomic E-state index is 12.7. The number of rotatable bonds is 2. The molecule has 0 N–H and O–H groups in total. The van der Waals surface area contributed by atoms with E-state index in [1.165, 1.54) is 0 Å². The van der Waals surface area contributed by atoms with E-state index in [0.29, 0.717) is 10.8 Å². The fourth-order valence-corrected chi connectivity index (χ4v) is 0.743. The summed E-state index contributed by atoms with van der Waals surface area (Å²) in [5, 5.41) is 8.57. The predicted molar refractivity (Wildman–Crippen MR) is 40.5 cm³/mol. The van der Waals surface area contributed by atoms with Crippen LogP contribution >= 0.6 is 0 Å². The van der Waals surface area contributed by atoms with Gasteiger partial charge in [0.05, 0.1) is 11.8 Å². The molecule has 1 aromatic carbocycles. The minimum atomic E-state index is -0.232. The van der Waals surface area contributed by atoms with Gasteiger partial charge < -0.3 is 0 Å². The fourth-order valence-electron chi connectivity index (χ4n) is 0.743. The molecule has 0 fully saturated rings. The van der Waals surface area contributed by atoms with E-state index in [1.807, 2.05) is 0 Å². The monoisotopic (exact) mass is 150 g/mol. The summed E-state index contributed by atoms with van der Waals surface area (Å²) < 4.78 is 12.7. The van der Waals surface area contributed by atoms with Gasteiger partial charge in [0, 0.05) is 0 Å². The van der Waals surface area contributed by atoms with Gasteiger partial charge in [-0.2, -0.15) is 10.4 Å². The molecule has 0 aliphatic carbocycles. The summed E-state index contributed by atoms with van der Waals surface area (Å²) in [5.74, 6) is 0. The van der Waals surface area contributed by atoms with E-state index >= 15 is 0 Å². The summed E-state index contributed by atoms with van der Waals surface area (Å²) >= 11 is 0. The Morgan fingerprint density at radius 2 is 2.00 bits per heavy atom. The summed E-state index contributed by atoms with van der Waals surface area (Å²) in [6, 6.07) is 10.2. The van der Waals surface area contributed by atoms with Gasteiger partial charge >= 0.3 is 0 Å². The molecule has 2 nitrogen and oxygen atoms in total. The molecule has 1 rings (SSSR count). The molecular weight excluding hydrogens is 143 g/mol. The molecule has 0 aliphatic rings. The van der Waals surface area contributed by atoms with Crippen molar-refractivity contribution in [3.8, 4) is 6.07 Å². The zero-order chi connectivity index (χ0) is 8.10. The van der Waals surface area contributed by atoms with Crippen molar-refractivity contribution in [3.63, 3.8) is 0 Å². The standard InChI is InChI=1S/C8H7FN2/c9-11(7-6-10)8-4-2-1-3-5-8/h1-5H,7H2. The second-order valence-electron chi connectivity index (χ2n) is 2.01. The van der Waals surface area contributed by atoms with Crippen LogP contribution in [0.3, 0.4) is 0 Å². The maximum absolute atomic E-state index is 12.7. The van der Waals surface area contributed by atoms with Gasteiger partial charge in [0.2, 0.25) is 0 Å². The lowest BCUT2D eigenvalue weighted by molar-refractivity contribution is 0.457. The second kappa shape index (κ2) is 3.57. The van der Waals surface area contributed by atoms with Gasteiger partial charge in [0.1, 0.15) is 6.54 Å². The molecule has 0 bridgehead atoms. The van der Waals surface area contributed by atoms with Crippen LogP contribution in [0.15, 0.2) is 30.3 Å². The van der Waals surface area contributed by atoms with E-state index in [9.17, 15) is 4.48 Å². The predicted octanol–water partition coefficient (Wildman–Crippen LogP) is 1.90. The van der Waals surface area contributed by atoms with Gasteiger partial charge in [-0.25, -0.2) is 0 Å². The van der Waals surface area contributed by atoms with Crippen LogP contribution in [0.4, 0.5) is 10.2 Å². The molecule has 0 amide bonds. The zero-order valence-corrected chi connectivity index (χ0v) is 5.87. The Bertz CT molecular complexity index is 253. The van der Waals surface area contributed by atoms with Crippen molar-refractivity contribution in [2.75, 3.05) is 11.7 Å². The molecule has 1 aromatic rings. The highest BCUT2D eigenvalue weighted by Crippen LogP contribution is 2.11. The quantitative estimate of drug-likeness (QED) is 0.475. The van der Waals surface area contributed by atoms with E-state index in [2.05, 4.69) is 0 Å². The number of para-hydroxylation sites is 1. The lowest BCUT2D eigenvalue weighted by atomic mass is 10.3. The largest absolute Gasteiger partial charge is 0.198 e. The maximum Gasteiger partial charge on any atom is 0.137 e. The van der Waals surface area contributed by atoms with Crippen molar-refractivity contribution < 1.29 is 4.48 Å². The van der Waals surface area contributed by atoms with Crippen LogP contribution in [0.5, 0.6) is 0 Å². The lowest BCUT2D eigenvalue weighted by Gasteiger charge is -2.07. The minimum absolute atomic E-state index is 0.232. The molecule has 0 unspecified atom stereocenters. The van der Waals surface area contributed by atoms with E-state index < -0.39 is 0 Å². The molecule has 0 aromatic heterocycles. The summed E-state index contributed by atoms with van der Waals surface area (Å²) in [7, 11) is 0. The average Bonchev–Trinajstić information content (AvgIpc) is 2.07. The third-order valence-electron chi connectivity index (χ3n) is 1.25. The number of hydrogen-bond donors (Lipinski definition) is 0. The summed E-state index contributed by atoms with van der Waals surface area (Å²) in [5.41, 5.74) is 0.411. The van der Waals surface area contributed by atoms with Crippen molar-refractivity contribution >= 4 is 5.69 Å². The zero-order valence-electron chi connectivity index (χ0n) is 5.87. The summed E-state index contributed by atoms with van der Waals surface area (Å²) in [6.07, 6.45) is 0. The topological polar surface area (TPSA) is 27.0 Å². The number of anilines is 1. The van der Waals surface area contributed by atoms with Gasteiger partial charge in [0.15, 0.2) is 0 Å².